The lowest BCUT2D eigenvalue weighted by Crippen LogP contribution is -2.31. The van der Waals surface area contributed by atoms with Gasteiger partial charge in [0.1, 0.15) is 6.61 Å². The molecule has 0 fully saturated rings. The van der Waals surface area contributed by atoms with Gasteiger partial charge in [-0.25, -0.2) is 9.59 Å². The highest BCUT2D eigenvalue weighted by Gasteiger charge is 2.29. The largest absolute Gasteiger partial charge is 0.478 e. The lowest BCUT2D eigenvalue weighted by Gasteiger charge is -2.14. The molecule has 0 radical (unpaired) electrons. The van der Waals surface area contributed by atoms with Crippen molar-refractivity contribution in [3.8, 4) is 11.1 Å². The van der Waals surface area contributed by atoms with Gasteiger partial charge in [0.25, 0.3) is 0 Å². The van der Waals surface area contributed by atoms with Crippen LogP contribution in [0.5, 0.6) is 0 Å². The van der Waals surface area contributed by atoms with Crippen LogP contribution in [0.25, 0.3) is 11.1 Å². The highest BCUT2D eigenvalue weighted by Crippen LogP contribution is 2.44. The molecule has 0 saturated carbocycles. The van der Waals surface area contributed by atoms with Crippen LogP contribution in [0, 0.1) is 0 Å². The van der Waals surface area contributed by atoms with E-state index >= 15 is 0 Å². The maximum absolute atomic E-state index is 12.2. The third-order valence-electron chi connectivity index (χ3n) is 5.17. The Kier molecular flexibility index (Phi) is 5.30. The fourth-order valence-corrected chi connectivity index (χ4v) is 3.73. The molecule has 6 heteroatoms. The second kappa shape index (κ2) is 8.21. The van der Waals surface area contributed by atoms with E-state index in [4.69, 9.17) is 9.84 Å². The molecule has 0 unspecified atom stereocenters. The van der Waals surface area contributed by atoms with Gasteiger partial charge in [0.05, 0.1) is 12.1 Å². The molecule has 30 heavy (non-hydrogen) atoms. The summed E-state index contributed by atoms with van der Waals surface area (Å²) in [4.78, 5) is 35.4. The minimum atomic E-state index is -1.12. The Morgan fingerprint density at radius 1 is 0.833 bits per heavy atom. The number of ether oxygens (including phenoxy) is 1. The van der Waals surface area contributed by atoms with E-state index in [-0.39, 0.29) is 30.2 Å². The van der Waals surface area contributed by atoms with Gasteiger partial charge in [-0.3, -0.25) is 4.79 Å². The molecule has 0 bridgehead atoms. The van der Waals surface area contributed by atoms with Crippen LogP contribution in [0.15, 0.2) is 72.8 Å². The first-order valence-corrected chi connectivity index (χ1v) is 9.50. The number of carboxylic acid groups (broad SMARTS) is 1. The Balaban J connectivity index is 1.37. The Morgan fingerprint density at radius 3 is 2.07 bits per heavy atom. The molecule has 1 aliphatic rings. The molecular formula is C24H19NO5. The number of amides is 1. The maximum Gasteiger partial charge on any atom is 0.407 e. The smallest absolute Gasteiger partial charge is 0.407 e. The Bertz CT molecular complexity index is 1090. The number of nitrogens with one attached hydrogen (secondary N) is 1. The highest BCUT2D eigenvalue weighted by molar-refractivity contribution is 6.01. The average Bonchev–Trinajstić information content (AvgIpc) is 3.10. The monoisotopic (exact) mass is 401 g/mol. The summed E-state index contributed by atoms with van der Waals surface area (Å²) in [7, 11) is 0. The second-order valence-corrected chi connectivity index (χ2v) is 6.99. The second-order valence-electron chi connectivity index (χ2n) is 6.99. The summed E-state index contributed by atoms with van der Waals surface area (Å²) in [5.41, 5.74) is 4.71. The fourth-order valence-electron chi connectivity index (χ4n) is 3.73. The number of fused-ring (bicyclic) bond motifs is 3. The van der Waals surface area contributed by atoms with Gasteiger partial charge in [-0.15, -0.1) is 0 Å². The average molecular weight is 401 g/mol. The van der Waals surface area contributed by atoms with E-state index in [1.54, 1.807) is 0 Å². The summed E-state index contributed by atoms with van der Waals surface area (Å²) in [5, 5.41) is 11.5. The van der Waals surface area contributed by atoms with Crippen LogP contribution in [-0.4, -0.2) is 36.1 Å². The molecule has 3 aromatic carbocycles. The van der Waals surface area contributed by atoms with Gasteiger partial charge in [-0.1, -0.05) is 60.7 Å². The summed E-state index contributed by atoms with van der Waals surface area (Å²) in [6.45, 7) is -0.123. The predicted molar refractivity (Wildman–Crippen MR) is 111 cm³/mol. The van der Waals surface area contributed by atoms with E-state index in [0.717, 1.165) is 22.3 Å². The summed E-state index contributed by atoms with van der Waals surface area (Å²) in [6.07, 6.45) is -0.695. The fraction of sp³-hybridized carbons (Fsp3) is 0.125. The van der Waals surface area contributed by atoms with Gasteiger partial charge in [0.2, 0.25) is 0 Å². The van der Waals surface area contributed by atoms with E-state index in [2.05, 4.69) is 17.4 Å². The van der Waals surface area contributed by atoms with Crippen molar-refractivity contribution in [3.05, 3.63) is 95.1 Å². The van der Waals surface area contributed by atoms with Crippen molar-refractivity contribution >= 4 is 17.8 Å². The molecule has 150 valence electrons. The van der Waals surface area contributed by atoms with E-state index in [1.165, 1.54) is 24.3 Å². The van der Waals surface area contributed by atoms with E-state index in [9.17, 15) is 14.4 Å². The number of alkyl carbamates (subject to hydrolysis) is 1. The first-order chi connectivity index (χ1) is 14.5. The molecule has 2 N–H and O–H groups in total. The predicted octanol–water partition coefficient (Wildman–Crippen LogP) is 4.11. The number of ketones is 1. The van der Waals surface area contributed by atoms with Crippen LogP contribution in [0.3, 0.4) is 0 Å². The molecule has 0 spiro atoms. The summed E-state index contributed by atoms with van der Waals surface area (Å²) in [5.74, 6) is -1.58. The number of aromatic carboxylic acids is 1. The number of carboxylic acids is 1. The van der Waals surface area contributed by atoms with Gasteiger partial charge in [-0.2, -0.15) is 0 Å². The van der Waals surface area contributed by atoms with Crippen LogP contribution in [0.2, 0.25) is 0 Å². The quantitative estimate of drug-likeness (QED) is 0.607. The number of Topliss-reactive ketones (excluding diaryl/α,β-unsaturated/α-hetero) is 1. The van der Waals surface area contributed by atoms with Gasteiger partial charge in [0.15, 0.2) is 5.78 Å². The number of hydrogen-bond donors (Lipinski definition) is 2. The highest BCUT2D eigenvalue weighted by atomic mass is 16.5. The van der Waals surface area contributed by atoms with Crippen molar-refractivity contribution in [3.63, 3.8) is 0 Å². The zero-order chi connectivity index (χ0) is 21.1. The van der Waals surface area contributed by atoms with Crippen LogP contribution in [-0.2, 0) is 4.74 Å². The summed E-state index contributed by atoms with van der Waals surface area (Å²) >= 11 is 0. The number of benzene rings is 3. The number of hydrogen-bond acceptors (Lipinski definition) is 4. The lowest BCUT2D eigenvalue weighted by atomic mass is 9.98. The van der Waals surface area contributed by atoms with Crippen molar-refractivity contribution in [2.75, 3.05) is 13.2 Å². The number of rotatable bonds is 6. The number of carbonyl (C=O) groups is 3. The van der Waals surface area contributed by atoms with Crippen LogP contribution < -0.4 is 5.32 Å². The minimum Gasteiger partial charge on any atom is -0.478 e. The first-order valence-electron chi connectivity index (χ1n) is 9.50. The molecule has 0 aliphatic heterocycles. The zero-order valence-corrected chi connectivity index (χ0v) is 16.0. The van der Waals surface area contributed by atoms with Gasteiger partial charge in [0, 0.05) is 11.5 Å². The van der Waals surface area contributed by atoms with E-state index < -0.39 is 17.8 Å². The zero-order valence-electron chi connectivity index (χ0n) is 16.0. The molecule has 0 atom stereocenters. The first kappa shape index (κ1) is 19.4. The third-order valence-corrected chi connectivity index (χ3v) is 5.17. The molecule has 0 heterocycles. The van der Waals surface area contributed by atoms with Crippen molar-refractivity contribution in [2.45, 2.75) is 5.92 Å². The lowest BCUT2D eigenvalue weighted by molar-refractivity contribution is 0.0696. The molecule has 3 aromatic rings. The van der Waals surface area contributed by atoms with Crippen molar-refractivity contribution < 1.29 is 24.2 Å². The van der Waals surface area contributed by atoms with Crippen molar-refractivity contribution in [2.24, 2.45) is 0 Å². The summed E-state index contributed by atoms with van der Waals surface area (Å²) < 4.78 is 5.39. The van der Waals surface area contributed by atoms with Crippen LogP contribution >= 0.6 is 0 Å². The van der Waals surface area contributed by atoms with Gasteiger partial charge < -0.3 is 15.2 Å². The molecule has 4 rings (SSSR count). The minimum absolute atomic E-state index is 0.0157. The van der Waals surface area contributed by atoms with Gasteiger partial charge >= 0.3 is 12.1 Å². The number of carbonyl (C=O) groups excluding carboxylic acids is 2. The maximum atomic E-state index is 12.2. The van der Waals surface area contributed by atoms with Gasteiger partial charge in [-0.05, 0) is 34.4 Å². The molecule has 6 nitrogen and oxygen atoms in total. The van der Waals surface area contributed by atoms with E-state index in [0.29, 0.717) is 0 Å². The summed E-state index contributed by atoms with van der Waals surface area (Å²) in [6, 6.07) is 21.7. The molecule has 1 amide bonds. The van der Waals surface area contributed by atoms with Crippen molar-refractivity contribution in [1.82, 2.24) is 5.32 Å². The normalized spacial score (nSPS) is 12.0. The Morgan fingerprint density at radius 2 is 1.43 bits per heavy atom. The molecule has 0 aromatic heterocycles. The Hall–Kier alpha value is -3.93. The topological polar surface area (TPSA) is 92.7 Å². The third kappa shape index (κ3) is 3.80. The van der Waals surface area contributed by atoms with Crippen LogP contribution in [0.1, 0.15) is 37.8 Å². The Labute approximate surface area is 173 Å². The molecule has 0 saturated heterocycles. The SMILES string of the molecule is O=C(NCC(=O)c1cccc(C(=O)O)c1)OCC1c2ccccc2-c2ccccc21. The molecule has 1 aliphatic carbocycles. The molecular weight excluding hydrogens is 382 g/mol. The van der Waals surface area contributed by atoms with Crippen LogP contribution in [0.4, 0.5) is 4.79 Å². The van der Waals surface area contributed by atoms with Crippen molar-refractivity contribution in [1.29, 1.82) is 0 Å². The van der Waals surface area contributed by atoms with E-state index in [1.807, 2.05) is 36.4 Å². The standard InChI is InChI=1S/C24H19NO5/c26-22(15-6-5-7-16(12-15)23(27)28)13-25-24(29)30-14-21-19-10-3-1-8-17(19)18-9-2-4-11-20(18)21/h1-12,21H,13-14H2,(H,25,29)(H,27,28).